The summed E-state index contributed by atoms with van der Waals surface area (Å²) in [6.45, 7) is 3.00. The van der Waals surface area contributed by atoms with Gasteiger partial charge in [0.05, 0.1) is 5.69 Å². The van der Waals surface area contributed by atoms with Crippen molar-refractivity contribution < 1.29 is 0 Å². The van der Waals surface area contributed by atoms with E-state index in [1.165, 1.54) is 35.0 Å². The third-order valence-corrected chi connectivity index (χ3v) is 6.94. The molecule has 0 spiro atoms. The fraction of sp³-hybridized carbons (Fsp3) is 0.556. The third-order valence-electron chi connectivity index (χ3n) is 4.80. The molecule has 1 aromatic carbocycles. The fourth-order valence-electron chi connectivity index (χ4n) is 3.24. The third kappa shape index (κ3) is 4.40. The highest BCUT2D eigenvalue weighted by molar-refractivity contribution is 8.38. The summed E-state index contributed by atoms with van der Waals surface area (Å²) in [4.78, 5) is 17.1. The molecule has 140 valence electrons. The van der Waals surface area contributed by atoms with E-state index in [-0.39, 0.29) is 5.69 Å². The predicted octanol–water partition coefficient (Wildman–Crippen LogP) is 3.42. The average Bonchev–Trinajstić information content (AvgIpc) is 3.27. The minimum absolute atomic E-state index is 0.234. The summed E-state index contributed by atoms with van der Waals surface area (Å²) in [6.07, 6.45) is 7.40. The molecular formula is C18H25N5OS2. The van der Waals surface area contributed by atoms with Crippen LogP contribution >= 0.6 is 23.5 Å². The van der Waals surface area contributed by atoms with Crippen molar-refractivity contribution in [3.63, 3.8) is 0 Å². The SMILES string of the molecule is CSC(=NCC1CCCC1)SCc1c(C)cccc1-n1nnn(C)c1=O. The number of aliphatic imine (C=N–C) groups is 1. The van der Waals surface area contributed by atoms with Crippen molar-refractivity contribution in [2.75, 3.05) is 12.8 Å². The van der Waals surface area contributed by atoms with Crippen LogP contribution < -0.4 is 5.69 Å². The zero-order valence-corrected chi connectivity index (χ0v) is 17.1. The van der Waals surface area contributed by atoms with Crippen LogP contribution in [0.4, 0.5) is 0 Å². The molecule has 0 aliphatic heterocycles. The maximum absolute atomic E-state index is 12.2. The summed E-state index contributed by atoms with van der Waals surface area (Å²) in [6, 6.07) is 5.94. The number of benzene rings is 1. The Morgan fingerprint density at radius 1 is 1.31 bits per heavy atom. The molecule has 6 nitrogen and oxygen atoms in total. The predicted molar refractivity (Wildman–Crippen MR) is 110 cm³/mol. The molecule has 1 aliphatic rings. The number of hydrogen-bond acceptors (Lipinski definition) is 6. The lowest BCUT2D eigenvalue weighted by molar-refractivity contribution is 0.565. The van der Waals surface area contributed by atoms with Crippen molar-refractivity contribution in [2.24, 2.45) is 18.0 Å². The number of tetrazole rings is 1. The molecule has 0 atom stereocenters. The van der Waals surface area contributed by atoms with E-state index >= 15 is 0 Å². The van der Waals surface area contributed by atoms with Gasteiger partial charge in [-0.1, -0.05) is 36.7 Å². The van der Waals surface area contributed by atoms with Gasteiger partial charge in [-0.2, -0.15) is 9.36 Å². The summed E-state index contributed by atoms with van der Waals surface area (Å²) >= 11 is 3.44. The Kier molecular flexibility index (Phi) is 6.58. The van der Waals surface area contributed by atoms with Crippen LogP contribution in [0.3, 0.4) is 0 Å². The van der Waals surface area contributed by atoms with Crippen molar-refractivity contribution in [3.8, 4) is 5.69 Å². The Bertz CT molecular complexity index is 836. The van der Waals surface area contributed by atoms with Crippen molar-refractivity contribution >= 4 is 27.9 Å². The minimum Gasteiger partial charge on any atom is -0.271 e. The zero-order valence-electron chi connectivity index (χ0n) is 15.5. The molecule has 0 amide bonds. The van der Waals surface area contributed by atoms with E-state index in [2.05, 4.69) is 29.7 Å². The van der Waals surface area contributed by atoms with Crippen LogP contribution in [0.5, 0.6) is 0 Å². The molecule has 1 aliphatic carbocycles. The van der Waals surface area contributed by atoms with Gasteiger partial charge in [-0.3, -0.25) is 4.99 Å². The molecule has 26 heavy (non-hydrogen) atoms. The lowest BCUT2D eigenvalue weighted by Gasteiger charge is -2.12. The smallest absolute Gasteiger partial charge is 0.271 e. The van der Waals surface area contributed by atoms with Gasteiger partial charge in [0, 0.05) is 19.3 Å². The van der Waals surface area contributed by atoms with E-state index in [0.29, 0.717) is 0 Å². The first-order chi connectivity index (χ1) is 12.6. The Morgan fingerprint density at radius 3 is 2.73 bits per heavy atom. The average molecular weight is 392 g/mol. The number of hydrogen-bond donors (Lipinski definition) is 0. The van der Waals surface area contributed by atoms with Crippen LogP contribution in [0.2, 0.25) is 0 Å². The minimum atomic E-state index is -0.234. The molecule has 1 saturated carbocycles. The Balaban J connectivity index is 1.77. The van der Waals surface area contributed by atoms with Crippen LogP contribution in [-0.2, 0) is 12.8 Å². The van der Waals surface area contributed by atoms with Gasteiger partial charge in [0.1, 0.15) is 4.38 Å². The van der Waals surface area contributed by atoms with Crippen molar-refractivity contribution in [1.82, 2.24) is 19.8 Å². The normalized spacial score (nSPS) is 15.7. The lowest BCUT2D eigenvalue weighted by atomic mass is 10.1. The number of aromatic nitrogens is 4. The summed E-state index contributed by atoms with van der Waals surface area (Å²) in [5.41, 5.74) is 2.81. The monoisotopic (exact) mass is 391 g/mol. The van der Waals surface area contributed by atoms with Gasteiger partial charge < -0.3 is 0 Å². The lowest BCUT2D eigenvalue weighted by Crippen LogP contribution is -2.23. The van der Waals surface area contributed by atoms with Gasteiger partial charge >= 0.3 is 5.69 Å². The molecule has 0 N–H and O–H groups in total. The molecule has 8 heteroatoms. The van der Waals surface area contributed by atoms with Crippen LogP contribution in [0.1, 0.15) is 36.8 Å². The van der Waals surface area contributed by atoms with Crippen molar-refractivity contribution in [1.29, 1.82) is 0 Å². The largest absolute Gasteiger partial charge is 0.368 e. The molecule has 1 heterocycles. The first-order valence-corrected chi connectivity index (χ1v) is 11.1. The Labute approximate surface area is 162 Å². The van der Waals surface area contributed by atoms with Gasteiger partial charge in [0.2, 0.25) is 0 Å². The van der Waals surface area contributed by atoms with Gasteiger partial charge in [-0.05, 0) is 59.6 Å². The van der Waals surface area contributed by atoms with E-state index in [9.17, 15) is 4.79 Å². The number of thioether (sulfide) groups is 2. The van der Waals surface area contributed by atoms with Gasteiger partial charge in [0.25, 0.3) is 0 Å². The first kappa shape index (κ1) is 19.2. The number of aryl methyl sites for hydroxylation is 2. The summed E-state index contributed by atoms with van der Waals surface area (Å²) in [5, 5.41) is 7.83. The molecule has 0 bridgehead atoms. The van der Waals surface area contributed by atoms with Crippen LogP contribution in [-0.4, -0.2) is 37.0 Å². The molecule has 1 fully saturated rings. The molecule has 3 rings (SSSR count). The number of nitrogens with zero attached hydrogens (tertiary/aromatic N) is 5. The number of rotatable bonds is 5. The Hall–Kier alpha value is -1.54. The molecule has 0 radical (unpaired) electrons. The highest BCUT2D eigenvalue weighted by Gasteiger charge is 2.16. The maximum Gasteiger partial charge on any atom is 0.368 e. The zero-order chi connectivity index (χ0) is 18.5. The van der Waals surface area contributed by atoms with E-state index in [1.54, 1.807) is 30.6 Å². The fourth-order valence-corrected chi connectivity index (χ4v) is 4.90. The molecule has 0 unspecified atom stereocenters. The van der Waals surface area contributed by atoms with E-state index in [1.807, 2.05) is 12.1 Å². The second-order valence-electron chi connectivity index (χ2n) is 6.62. The Morgan fingerprint density at radius 2 is 2.08 bits per heavy atom. The van der Waals surface area contributed by atoms with Crippen molar-refractivity contribution in [2.45, 2.75) is 38.4 Å². The molecule has 1 aromatic heterocycles. The van der Waals surface area contributed by atoms with Gasteiger partial charge in [0.15, 0.2) is 0 Å². The quantitative estimate of drug-likeness (QED) is 0.577. The highest BCUT2D eigenvalue weighted by atomic mass is 32.2. The summed E-state index contributed by atoms with van der Waals surface area (Å²) < 4.78 is 3.73. The van der Waals surface area contributed by atoms with E-state index in [4.69, 9.17) is 4.99 Å². The van der Waals surface area contributed by atoms with Crippen LogP contribution in [0, 0.1) is 12.8 Å². The molecule has 0 saturated heterocycles. The molecular weight excluding hydrogens is 366 g/mol. The van der Waals surface area contributed by atoms with Gasteiger partial charge in [-0.15, -0.1) is 11.8 Å². The van der Waals surface area contributed by atoms with Crippen LogP contribution in [0.15, 0.2) is 28.0 Å². The summed E-state index contributed by atoms with van der Waals surface area (Å²) in [7, 11) is 1.61. The van der Waals surface area contributed by atoms with E-state index in [0.717, 1.165) is 39.4 Å². The van der Waals surface area contributed by atoms with Gasteiger partial charge in [-0.25, -0.2) is 4.79 Å². The van der Waals surface area contributed by atoms with Crippen LogP contribution in [0.25, 0.3) is 5.69 Å². The maximum atomic E-state index is 12.2. The van der Waals surface area contributed by atoms with Crippen molar-refractivity contribution in [3.05, 3.63) is 39.8 Å². The second-order valence-corrected chi connectivity index (χ2v) is 8.64. The molecule has 2 aromatic rings. The topological polar surface area (TPSA) is 65.1 Å². The highest BCUT2D eigenvalue weighted by Crippen LogP contribution is 2.28. The second kappa shape index (κ2) is 8.90. The summed E-state index contributed by atoms with van der Waals surface area (Å²) in [5.74, 6) is 1.51. The first-order valence-electron chi connectivity index (χ1n) is 8.89. The standard InChI is InChI=1S/C18H25N5OS2/c1-13-7-6-10-16(23-18(24)22(2)20-21-23)15(13)12-26-17(25-3)19-11-14-8-4-5-9-14/h6-7,10,14H,4-5,8-9,11-12H2,1-3H3. The van der Waals surface area contributed by atoms with E-state index < -0.39 is 0 Å².